The van der Waals surface area contributed by atoms with Crippen LogP contribution in [0.3, 0.4) is 0 Å². The number of nitrogens with zero attached hydrogens (tertiary/aromatic N) is 2. The Balaban J connectivity index is 4.00. The fourth-order valence-electron chi connectivity index (χ4n) is 0.738. The molecule has 70 valence electrons. The Morgan fingerprint density at radius 1 is 1.42 bits per heavy atom. The third-order valence-corrected chi connectivity index (χ3v) is 1.55. The largest absolute Gasteiger partial charge is 0.411 e. The molecule has 0 saturated carbocycles. The average Bonchev–Trinajstić information content (AvgIpc) is 1.85. The van der Waals surface area contributed by atoms with E-state index in [1.54, 1.807) is 0 Å². The molecular weight excluding hydrogens is 156 g/mol. The molecule has 0 unspecified atom stereocenters. The summed E-state index contributed by atoms with van der Waals surface area (Å²) in [5.41, 5.74) is 0.253. The molecule has 1 N–H and O–H groups in total. The summed E-state index contributed by atoms with van der Waals surface area (Å²) in [7, 11) is 6.07. The maximum absolute atomic E-state index is 10.8. The van der Waals surface area contributed by atoms with Gasteiger partial charge in [0, 0.05) is 13.3 Å². The second-order valence-corrected chi connectivity index (χ2v) is 3.87. The zero-order chi connectivity index (χ0) is 9.78. The standard InChI is InChI=1S/C8H16N2O2/c1-7(11)8(9-12)5-6-10(2,3)4/h5-6H2,1-4H3/p+1. The summed E-state index contributed by atoms with van der Waals surface area (Å²) in [6.45, 7) is 2.20. The summed E-state index contributed by atoms with van der Waals surface area (Å²) in [6, 6.07) is 0. The van der Waals surface area contributed by atoms with Crippen molar-refractivity contribution in [2.45, 2.75) is 13.3 Å². The molecule has 0 aliphatic carbocycles. The lowest BCUT2D eigenvalue weighted by molar-refractivity contribution is -0.869. The van der Waals surface area contributed by atoms with Crippen molar-refractivity contribution < 1.29 is 14.5 Å². The molecule has 0 aromatic carbocycles. The van der Waals surface area contributed by atoms with Gasteiger partial charge in [-0.15, -0.1) is 0 Å². The SMILES string of the molecule is CC(=O)/C(CC[N+](C)(C)C)=N\O. The number of Topliss-reactive ketones (excluding diaryl/α,β-unsaturated/α-hetero) is 1. The number of ketones is 1. The van der Waals surface area contributed by atoms with Crippen LogP contribution in [0.4, 0.5) is 0 Å². The Kier molecular flexibility index (Phi) is 3.89. The lowest BCUT2D eigenvalue weighted by Gasteiger charge is -2.23. The van der Waals surface area contributed by atoms with Crippen LogP contribution >= 0.6 is 0 Å². The molecule has 0 aromatic heterocycles. The normalized spacial score (nSPS) is 13.2. The molecule has 0 amide bonds. The molecule has 0 atom stereocenters. The molecule has 0 fully saturated rings. The molecule has 0 spiro atoms. The summed E-state index contributed by atoms with van der Waals surface area (Å²) in [5, 5.41) is 11.4. The van der Waals surface area contributed by atoms with Crippen molar-refractivity contribution in [3.8, 4) is 0 Å². The van der Waals surface area contributed by atoms with Gasteiger partial charge in [0.1, 0.15) is 5.71 Å². The van der Waals surface area contributed by atoms with E-state index in [1.165, 1.54) is 6.92 Å². The maximum atomic E-state index is 10.8. The Bertz CT molecular complexity index is 192. The second kappa shape index (κ2) is 4.21. The Labute approximate surface area is 73.1 Å². The lowest BCUT2D eigenvalue weighted by atomic mass is 10.2. The van der Waals surface area contributed by atoms with Crippen molar-refractivity contribution in [1.29, 1.82) is 0 Å². The van der Waals surface area contributed by atoms with E-state index < -0.39 is 0 Å². The van der Waals surface area contributed by atoms with Crippen LogP contribution in [0.15, 0.2) is 5.16 Å². The highest BCUT2D eigenvalue weighted by Crippen LogP contribution is 1.96. The first-order valence-electron chi connectivity index (χ1n) is 3.89. The van der Waals surface area contributed by atoms with Crippen LogP contribution in [0.5, 0.6) is 0 Å². The minimum Gasteiger partial charge on any atom is -0.411 e. The first-order valence-corrected chi connectivity index (χ1v) is 3.89. The number of quaternary nitrogens is 1. The van der Waals surface area contributed by atoms with Gasteiger partial charge in [-0.2, -0.15) is 0 Å². The lowest BCUT2D eigenvalue weighted by Crippen LogP contribution is -2.37. The highest BCUT2D eigenvalue weighted by atomic mass is 16.4. The van der Waals surface area contributed by atoms with Gasteiger partial charge in [0.25, 0.3) is 0 Å². The summed E-state index contributed by atoms with van der Waals surface area (Å²) in [5.74, 6) is -0.161. The van der Waals surface area contributed by atoms with Crippen molar-refractivity contribution in [2.24, 2.45) is 5.16 Å². The first-order chi connectivity index (χ1) is 5.37. The Morgan fingerprint density at radius 3 is 2.17 bits per heavy atom. The zero-order valence-electron chi connectivity index (χ0n) is 8.16. The third-order valence-electron chi connectivity index (χ3n) is 1.55. The van der Waals surface area contributed by atoms with Crippen LogP contribution in [-0.4, -0.2) is 48.9 Å². The van der Waals surface area contributed by atoms with E-state index in [1.807, 2.05) is 21.1 Å². The summed E-state index contributed by atoms with van der Waals surface area (Å²) in [4.78, 5) is 10.8. The molecule has 0 radical (unpaired) electrons. The van der Waals surface area contributed by atoms with Crippen molar-refractivity contribution in [2.75, 3.05) is 27.7 Å². The molecule has 0 bridgehead atoms. The number of hydrogen-bond donors (Lipinski definition) is 1. The summed E-state index contributed by atoms with van der Waals surface area (Å²) >= 11 is 0. The van der Waals surface area contributed by atoms with Crippen LogP contribution in [0.25, 0.3) is 0 Å². The van der Waals surface area contributed by atoms with Crippen LogP contribution in [0.2, 0.25) is 0 Å². The fourth-order valence-corrected chi connectivity index (χ4v) is 0.738. The van der Waals surface area contributed by atoms with Crippen molar-refractivity contribution in [1.82, 2.24) is 0 Å². The quantitative estimate of drug-likeness (QED) is 0.291. The molecule has 0 rings (SSSR count). The number of carbonyl (C=O) groups excluding carboxylic acids is 1. The van der Waals surface area contributed by atoms with Gasteiger partial charge in [0.15, 0.2) is 5.78 Å². The van der Waals surface area contributed by atoms with Gasteiger partial charge in [-0.3, -0.25) is 4.79 Å². The number of oxime groups is 1. The fraction of sp³-hybridized carbons (Fsp3) is 0.750. The van der Waals surface area contributed by atoms with Gasteiger partial charge in [0.05, 0.1) is 27.7 Å². The van der Waals surface area contributed by atoms with Gasteiger partial charge in [-0.25, -0.2) is 0 Å². The van der Waals surface area contributed by atoms with E-state index in [-0.39, 0.29) is 11.5 Å². The third kappa shape index (κ3) is 4.85. The highest BCUT2D eigenvalue weighted by Gasteiger charge is 2.12. The molecule has 0 saturated heterocycles. The summed E-state index contributed by atoms with van der Waals surface area (Å²) < 4.78 is 0.756. The second-order valence-electron chi connectivity index (χ2n) is 3.87. The number of hydrogen-bond acceptors (Lipinski definition) is 3. The van der Waals surface area contributed by atoms with Gasteiger partial charge >= 0.3 is 0 Å². The minimum atomic E-state index is -0.161. The van der Waals surface area contributed by atoms with Gasteiger partial charge in [-0.05, 0) is 0 Å². The molecule has 0 aliphatic rings. The summed E-state index contributed by atoms with van der Waals surface area (Å²) in [6.07, 6.45) is 0.523. The van der Waals surface area contributed by atoms with E-state index in [0.717, 1.165) is 11.0 Å². The van der Waals surface area contributed by atoms with Crippen LogP contribution < -0.4 is 0 Å². The van der Waals surface area contributed by atoms with Crippen molar-refractivity contribution in [3.05, 3.63) is 0 Å². The highest BCUT2D eigenvalue weighted by molar-refractivity contribution is 6.38. The molecule has 4 heteroatoms. The molecule has 0 heterocycles. The predicted molar refractivity (Wildman–Crippen MR) is 47.4 cm³/mol. The first kappa shape index (κ1) is 11.1. The topological polar surface area (TPSA) is 49.7 Å². The average molecular weight is 173 g/mol. The predicted octanol–water partition coefficient (Wildman–Crippen LogP) is 0.502. The zero-order valence-corrected chi connectivity index (χ0v) is 8.16. The Morgan fingerprint density at radius 2 is 1.92 bits per heavy atom. The van der Waals surface area contributed by atoms with Crippen LogP contribution in [0, 0.1) is 0 Å². The smallest absolute Gasteiger partial charge is 0.177 e. The van der Waals surface area contributed by atoms with E-state index in [4.69, 9.17) is 5.21 Å². The molecule has 0 aliphatic heterocycles. The number of rotatable bonds is 4. The minimum absolute atomic E-state index is 0.161. The van der Waals surface area contributed by atoms with Crippen LogP contribution in [0.1, 0.15) is 13.3 Å². The van der Waals surface area contributed by atoms with Crippen molar-refractivity contribution in [3.63, 3.8) is 0 Å². The van der Waals surface area contributed by atoms with E-state index >= 15 is 0 Å². The van der Waals surface area contributed by atoms with E-state index in [2.05, 4.69) is 5.16 Å². The molecule has 0 aromatic rings. The van der Waals surface area contributed by atoms with Crippen molar-refractivity contribution >= 4 is 11.5 Å². The van der Waals surface area contributed by atoms with E-state index in [0.29, 0.717) is 6.42 Å². The number of carbonyl (C=O) groups is 1. The Hall–Kier alpha value is -0.900. The van der Waals surface area contributed by atoms with E-state index in [9.17, 15) is 4.79 Å². The van der Waals surface area contributed by atoms with Crippen LogP contribution in [-0.2, 0) is 4.79 Å². The van der Waals surface area contributed by atoms with Gasteiger partial charge in [0.2, 0.25) is 0 Å². The monoisotopic (exact) mass is 173 g/mol. The maximum Gasteiger partial charge on any atom is 0.177 e. The van der Waals surface area contributed by atoms with Gasteiger partial charge in [-0.1, -0.05) is 5.16 Å². The molecular formula is C8H17N2O2+. The molecule has 12 heavy (non-hydrogen) atoms. The van der Waals surface area contributed by atoms with Gasteiger partial charge < -0.3 is 9.69 Å². The molecule has 4 nitrogen and oxygen atoms in total.